The highest BCUT2D eigenvalue weighted by Gasteiger charge is 2.50. The topological polar surface area (TPSA) is 222 Å². The highest BCUT2D eigenvalue weighted by Crippen LogP contribution is 2.48. The minimum atomic E-state index is -1.77. The van der Waals surface area contributed by atoms with Crippen LogP contribution in [0.1, 0.15) is 35.3 Å². The van der Waals surface area contributed by atoms with E-state index in [0.717, 1.165) is 18.2 Å². The van der Waals surface area contributed by atoms with Crippen LogP contribution >= 0.6 is 0 Å². The molecule has 0 bridgehead atoms. The molecule has 6 rings (SSSR count). The molecule has 2 heterocycles. The van der Waals surface area contributed by atoms with Crippen LogP contribution in [0.2, 0.25) is 0 Å². The van der Waals surface area contributed by atoms with E-state index in [-0.39, 0.29) is 40.1 Å². The van der Waals surface area contributed by atoms with Crippen molar-refractivity contribution in [2.24, 2.45) is 0 Å². The number of ether oxygens (including phenoxy) is 5. The van der Waals surface area contributed by atoms with E-state index in [0.29, 0.717) is 16.7 Å². The third-order valence-electron chi connectivity index (χ3n) is 8.33. The van der Waals surface area contributed by atoms with Gasteiger partial charge in [-0.3, -0.25) is 0 Å². The molecule has 0 aromatic heterocycles. The molecule has 53 heavy (non-hydrogen) atoms. The van der Waals surface area contributed by atoms with Crippen molar-refractivity contribution in [3.8, 4) is 34.5 Å². The summed E-state index contributed by atoms with van der Waals surface area (Å²) in [4.78, 5) is 26.1. The molecular formula is C39H34O14. The van der Waals surface area contributed by atoms with Crippen molar-refractivity contribution in [2.75, 3.05) is 0 Å². The van der Waals surface area contributed by atoms with Gasteiger partial charge in [-0.2, -0.15) is 0 Å². The highest BCUT2D eigenvalue weighted by molar-refractivity contribution is 5.88. The van der Waals surface area contributed by atoms with Crippen LogP contribution in [0.5, 0.6) is 34.5 Å². The molecule has 14 heteroatoms. The number of esters is 2. The van der Waals surface area contributed by atoms with Gasteiger partial charge in [-0.1, -0.05) is 36.4 Å². The number of aromatic hydroxyl groups is 5. The van der Waals surface area contributed by atoms with E-state index in [1.54, 1.807) is 24.3 Å². The van der Waals surface area contributed by atoms with Crippen LogP contribution in [0.4, 0.5) is 0 Å². The maximum atomic E-state index is 13.2. The molecule has 4 aromatic rings. The predicted octanol–water partition coefficient (Wildman–Crippen LogP) is 4.95. The van der Waals surface area contributed by atoms with Gasteiger partial charge in [0.15, 0.2) is 29.8 Å². The van der Waals surface area contributed by atoms with Crippen molar-refractivity contribution in [1.29, 1.82) is 0 Å². The number of phenols is 5. The van der Waals surface area contributed by atoms with Gasteiger partial charge in [0.2, 0.25) is 6.29 Å². The minimum Gasteiger partial charge on any atom is -0.508 e. The molecule has 2 aliphatic rings. The summed E-state index contributed by atoms with van der Waals surface area (Å²) in [6.45, 7) is 1.47. The van der Waals surface area contributed by atoms with Gasteiger partial charge < -0.3 is 59.4 Å². The molecule has 0 amide bonds. The summed E-state index contributed by atoms with van der Waals surface area (Å²) < 4.78 is 29.5. The summed E-state index contributed by atoms with van der Waals surface area (Å²) in [6, 6.07) is 19.7. The van der Waals surface area contributed by atoms with Gasteiger partial charge in [0.25, 0.3) is 0 Å². The Kier molecular flexibility index (Phi) is 10.4. The zero-order valence-electron chi connectivity index (χ0n) is 27.8. The van der Waals surface area contributed by atoms with Gasteiger partial charge in [-0.05, 0) is 66.6 Å². The van der Waals surface area contributed by atoms with Crippen molar-refractivity contribution in [1.82, 2.24) is 0 Å². The molecule has 274 valence electrons. The van der Waals surface area contributed by atoms with Crippen molar-refractivity contribution >= 4 is 29.8 Å². The number of benzene rings is 4. The van der Waals surface area contributed by atoms with Crippen LogP contribution < -0.4 is 4.74 Å². The lowest BCUT2D eigenvalue weighted by molar-refractivity contribution is -0.290. The average molecular weight is 727 g/mol. The van der Waals surface area contributed by atoms with Crippen LogP contribution in [0.3, 0.4) is 0 Å². The van der Waals surface area contributed by atoms with Gasteiger partial charge in [0, 0.05) is 29.8 Å². The average Bonchev–Trinajstić information content (AvgIpc) is 3.12. The Labute approximate surface area is 301 Å². The molecule has 1 fully saturated rings. The fraction of sp³-hybridized carbons (Fsp3) is 0.179. The summed E-state index contributed by atoms with van der Waals surface area (Å²) in [5.41, 5.74) is 1.20. The number of phenolic OH excluding ortho intramolecular Hbond substituents is 5. The molecule has 7 N–H and O–H groups in total. The number of hydrogen-bond donors (Lipinski definition) is 7. The van der Waals surface area contributed by atoms with Crippen molar-refractivity contribution in [3.63, 3.8) is 0 Å². The molecule has 0 radical (unpaired) electrons. The Morgan fingerprint density at radius 3 is 1.74 bits per heavy atom. The predicted molar refractivity (Wildman–Crippen MR) is 186 cm³/mol. The molecule has 0 aliphatic carbocycles. The Hall–Kier alpha value is -6.64. The van der Waals surface area contributed by atoms with E-state index >= 15 is 0 Å². The first-order valence-corrected chi connectivity index (χ1v) is 16.2. The normalized spacial score (nSPS) is 22.6. The lowest BCUT2D eigenvalue weighted by atomic mass is 9.98. The third kappa shape index (κ3) is 8.30. The molecule has 0 spiro atoms. The molecule has 1 saturated heterocycles. The Morgan fingerprint density at radius 1 is 0.679 bits per heavy atom. The zero-order chi connectivity index (χ0) is 37.8. The first kappa shape index (κ1) is 36.2. The van der Waals surface area contributed by atoms with Crippen LogP contribution in [0, 0.1) is 0 Å². The number of carbonyl (C=O) groups is 2. The molecular weight excluding hydrogens is 692 g/mol. The van der Waals surface area contributed by atoms with Crippen molar-refractivity contribution in [3.05, 3.63) is 125 Å². The van der Waals surface area contributed by atoms with Gasteiger partial charge in [-0.25, -0.2) is 9.59 Å². The lowest BCUT2D eigenvalue weighted by Gasteiger charge is -2.43. The van der Waals surface area contributed by atoms with Crippen LogP contribution in [0.15, 0.2) is 103 Å². The molecule has 4 aromatic carbocycles. The fourth-order valence-electron chi connectivity index (χ4n) is 5.68. The van der Waals surface area contributed by atoms with E-state index in [1.807, 2.05) is 0 Å². The number of rotatable bonds is 9. The zero-order valence-corrected chi connectivity index (χ0v) is 27.8. The minimum absolute atomic E-state index is 0.0161. The van der Waals surface area contributed by atoms with E-state index in [4.69, 9.17) is 23.7 Å². The number of aliphatic hydroxyl groups is 2. The summed E-state index contributed by atoms with van der Waals surface area (Å²) in [7, 11) is 0. The second kappa shape index (κ2) is 15.3. The monoisotopic (exact) mass is 726 g/mol. The van der Waals surface area contributed by atoms with E-state index in [9.17, 15) is 45.3 Å². The van der Waals surface area contributed by atoms with Crippen LogP contribution in [-0.2, 0) is 28.5 Å². The summed E-state index contributed by atoms with van der Waals surface area (Å²) in [5.74, 6) is -3.91. The lowest BCUT2D eigenvalue weighted by Crippen LogP contribution is -2.60. The van der Waals surface area contributed by atoms with Crippen molar-refractivity contribution in [2.45, 2.75) is 43.7 Å². The Bertz CT molecular complexity index is 2050. The number of aliphatic hydroxyl groups excluding tert-OH is 2. The molecule has 1 unspecified atom stereocenters. The van der Waals surface area contributed by atoms with E-state index in [2.05, 4.69) is 0 Å². The Balaban J connectivity index is 1.32. The number of hydrogen-bond acceptors (Lipinski definition) is 14. The number of fused-ring (bicyclic) bond motifs is 1. The first-order chi connectivity index (χ1) is 25.4. The molecule has 6 atom stereocenters. The summed E-state index contributed by atoms with van der Waals surface area (Å²) >= 11 is 0. The quantitative estimate of drug-likeness (QED) is 0.0897. The largest absolute Gasteiger partial charge is 0.508 e. The Morgan fingerprint density at radius 2 is 1.19 bits per heavy atom. The smallest absolute Gasteiger partial charge is 0.331 e. The van der Waals surface area contributed by atoms with Crippen molar-refractivity contribution < 1.29 is 69.0 Å². The van der Waals surface area contributed by atoms with Gasteiger partial charge >= 0.3 is 11.9 Å². The summed E-state index contributed by atoms with van der Waals surface area (Å²) in [5, 5.41) is 72.9. The third-order valence-corrected chi connectivity index (χ3v) is 8.33. The molecule has 2 aliphatic heterocycles. The molecule has 0 saturated carbocycles. The van der Waals surface area contributed by atoms with Crippen LogP contribution in [-0.4, -0.2) is 78.4 Å². The first-order valence-electron chi connectivity index (χ1n) is 16.2. The standard InChI is InChI=1S/C39H34O14/c1-20-35(51-30(45)16-6-21-2-10-24(40)11-3-21)34(48)38(52-31(46)17-7-22-4-12-25(41)13-5-22)39(49-20)53-37-33(47)32-28(44)18-27(43)19-29(32)50-36(37)23-8-14-26(42)15-9-23/h2-20,34-36,38-44,47-48H,1H3/b16-6+,17-7+/t20-,34+,35-,36?,38+,39-/m1/s1. The highest BCUT2D eigenvalue weighted by atomic mass is 16.7. The summed E-state index contributed by atoms with van der Waals surface area (Å²) in [6.07, 6.45) is -3.98. The van der Waals surface area contributed by atoms with E-state index < -0.39 is 60.3 Å². The second-order valence-corrected chi connectivity index (χ2v) is 12.1. The number of carbonyl (C=O) groups excluding carboxylic acids is 2. The van der Waals surface area contributed by atoms with Crippen LogP contribution in [0.25, 0.3) is 17.9 Å². The SMILES string of the molecule is C[C@H]1O[C@H](OC2=C(O)c3c(O)cc(O)cc3OC2c2ccc(O)cc2)[C@@H](OC(=O)/C=C/c2ccc(O)cc2)[C@@H](O)[C@@H]1OC(=O)/C=C/c1ccc(O)cc1. The molecule has 14 nitrogen and oxygen atoms in total. The van der Waals surface area contributed by atoms with Gasteiger partial charge in [0.05, 0.1) is 6.10 Å². The van der Waals surface area contributed by atoms with Gasteiger partial charge in [-0.15, -0.1) is 0 Å². The maximum Gasteiger partial charge on any atom is 0.331 e. The maximum absolute atomic E-state index is 13.2. The van der Waals surface area contributed by atoms with Gasteiger partial charge in [0.1, 0.15) is 46.2 Å². The second-order valence-electron chi connectivity index (χ2n) is 12.1. The fourth-order valence-corrected chi connectivity index (χ4v) is 5.68. The van der Waals surface area contributed by atoms with E-state index in [1.165, 1.54) is 73.7 Å².